The molecule has 0 aromatic heterocycles. The molecule has 1 atom stereocenters. The van der Waals surface area contributed by atoms with Gasteiger partial charge in [-0.2, -0.15) is 0 Å². The first kappa shape index (κ1) is 15.3. The van der Waals surface area contributed by atoms with Crippen LogP contribution in [0.3, 0.4) is 0 Å². The number of nitrogens with one attached hydrogen (secondary N) is 1. The lowest BCUT2D eigenvalue weighted by atomic mass is 10.2. The molecule has 0 bridgehead atoms. The number of halogens is 1. The molecule has 1 unspecified atom stereocenters. The van der Waals surface area contributed by atoms with E-state index in [9.17, 15) is 0 Å². The number of methoxy groups -OCH3 is 1. The van der Waals surface area contributed by atoms with Gasteiger partial charge in [-0.05, 0) is 24.6 Å². The smallest absolute Gasteiger partial charge is 0.138 e. The lowest BCUT2D eigenvalue weighted by Gasteiger charge is -2.21. The molecule has 0 aliphatic heterocycles. The summed E-state index contributed by atoms with van der Waals surface area (Å²) in [7, 11) is 1.67. The highest BCUT2D eigenvalue weighted by Crippen LogP contribution is 2.26. The molecule has 1 aromatic carbocycles. The van der Waals surface area contributed by atoms with Crippen LogP contribution in [0, 0.1) is 6.92 Å². The van der Waals surface area contributed by atoms with Crippen LogP contribution in [0.4, 0.5) is 0 Å². The Kier molecular flexibility index (Phi) is 6.47. The van der Waals surface area contributed by atoms with Crippen LogP contribution in [0.15, 0.2) is 18.2 Å². The van der Waals surface area contributed by atoms with E-state index in [4.69, 9.17) is 21.1 Å². The van der Waals surface area contributed by atoms with E-state index < -0.39 is 0 Å². The molecule has 0 fully saturated rings. The summed E-state index contributed by atoms with van der Waals surface area (Å²) in [6.45, 7) is 7.47. The van der Waals surface area contributed by atoms with Crippen LogP contribution in [0.5, 0.6) is 5.75 Å². The van der Waals surface area contributed by atoms with Gasteiger partial charge in [-0.25, -0.2) is 0 Å². The minimum absolute atomic E-state index is 0.0439. The van der Waals surface area contributed by atoms with Gasteiger partial charge in [-0.1, -0.05) is 31.5 Å². The van der Waals surface area contributed by atoms with Crippen molar-refractivity contribution in [3.63, 3.8) is 0 Å². The molecule has 0 saturated heterocycles. The molecule has 0 amide bonds. The SMILES string of the molecule is COCC(CNC(C)C)Oc1ccc(C)cc1Cl. The van der Waals surface area contributed by atoms with Crippen LogP contribution in [-0.4, -0.2) is 32.4 Å². The molecule has 1 N–H and O–H groups in total. The molecular formula is C14H22ClNO2. The van der Waals surface area contributed by atoms with Crippen molar-refractivity contribution in [1.29, 1.82) is 0 Å². The molecule has 4 heteroatoms. The lowest BCUT2D eigenvalue weighted by Crippen LogP contribution is -2.38. The van der Waals surface area contributed by atoms with Crippen LogP contribution in [0.2, 0.25) is 5.02 Å². The van der Waals surface area contributed by atoms with E-state index in [1.165, 1.54) is 0 Å². The molecule has 1 aromatic rings. The summed E-state index contributed by atoms with van der Waals surface area (Å²) >= 11 is 6.15. The summed E-state index contributed by atoms with van der Waals surface area (Å²) in [6.07, 6.45) is -0.0439. The van der Waals surface area contributed by atoms with Gasteiger partial charge in [0.05, 0.1) is 11.6 Å². The van der Waals surface area contributed by atoms with Crippen LogP contribution < -0.4 is 10.1 Å². The highest BCUT2D eigenvalue weighted by atomic mass is 35.5. The number of rotatable bonds is 7. The third-order valence-corrected chi connectivity index (χ3v) is 2.78. The topological polar surface area (TPSA) is 30.5 Å². The van der Waals surface area contributed by atoms with Crippen molar-refractivity contribution in [3.8, 4) is 5.75 Å². The maximum Gasteiger partial charge on any atom is 0.138 e. The standard InChI is InChI=1S/C14H22ClNO2/c1-10(2)16-8-12(9-17-4)18-14-6-5-11(3)7-13(14)15/h5-7,10,12,16H,8-9H2,1-4H3. The Morgan fingerprint density at radius 1 is 1.33 bits per heavy atom. The van der Waals surface area contributed by atoms with Gasteiger partial charge in [0.2, 0.25) is 0 Å². The predicted octanol–water partition coefficient (Wildman–Crippen LogP) is 3.04. The van der Waals surface area contributed by atoms with Crippen LogP contribution in [-0.2, 0) is 4.74 Å². The fourth-order valence-electron chi connectivity index (χ4n) is 1.57. The first-order valence-corrected chi connectivity index (χ1v) is 6.56. The Morgan fingerprint density at radius 2 is 2.06 bits per heavy atom. The molecule has 0 heterocycles. The first-order chi connectivity index (χ1) is 8.52. The van der Waals surface area contributed by atoms with Crippen molar-refractivity contribution in [2.75, 3.05) is 20.3 Å². The van der Waals surface area contributed by atoms with Gasteiger partial charge < -0.3 is 14.8 Å². The zero-order valence-corrected chi connectivity index (χ0v) is 12.3. The fraction of sp³-hybridized carbons (Fsp3) is 0.571. The number of aryl methyl sites for hydroxylation is 1. The molecule has 0 radical (unpaired) electrons. The van der Waals surface area contributed by atoms with Gasteiger partial charge in [0.25, 0.3) is 0 Å². The average molecular weight is 272 g/mol. The second kappa shape index (κ2) is 7.62. The third kappa shape index (κ3) is 5.25. The van der Waals surface area contributed by atoms with E-state index in [-0.39, 0.29) is 6.10 Å². The molecular weight excluding hydrogens is 250 g/mol. The predicted molar refractivity (Wildman–Crippen MR) is 75.6 cm³/mol. The van der Waals surface area contributed by atoms with Crippen molar-refractivity contribution in [2.24, 2.45) is 0 Å². The number of hydrogen-bond donors (Lipinski definition) is 1. The summed E-state index contributed by atoms with van der Waals surface area (Å²) in [5.41, 5.74) is 1.12. The molecule has 18 heavy (non-hydrogen) atoms. The van der Waals surface area contributed by atoms with Gasteiger partial charge >= 0.3 is 0 Å². The average Bonchev–Trinajstić information content (AvgIpc) is 2.29. The lowest BCUT2D eigenvalue weighted by molar-refractivity contribution is 0.0795. The van der Waals surface area contributed by atoms with E-state index in [1.54, 1.807) is 7.11 Å². The summed E-state index contributed by atoms with van der Waals surface area (Å²) in [5.74, 6) is 0.704. The summed E-state index contributed by atoms with van der Waals surface area (Å²) in [5, 5.41) is 3.97. The maximum absolute atomic E-state index is 6.15. The van der Waals surface area contributed by atoms with E-state index >= 15 is 0 Å². The molecule has 0 aliphatic rings. The van der Waals surface area contributed by atoms with Gasteiger partial charge in [0.1, 0.15) is 11.9 Å². The number of benzene rings is 1. The van der Waals surface area contributed by atoms with E-state index in [0.29, 0.717) is 23.4 Å². The maximum atomic E-state index is 6.15. The van der Waals surface area contributed by atoms with Crippen LogP contribution >= 0.6 is 11.6 Å². The summed E-state index contributed by atoms with van der Waals surface area (Å²) in [4.78, 5) is 0. The van der Waals surface area contributed by atoms with Crippen molar-refractivity contribution in [2.45, 2.75) is 32.9 Å². The summed E-state index contributed by atoms with van der Waals surface area (Å²) < 4.78 is 11.0. The number of ether oxygens (including phenoxy) is 2. The van der Waals surface area contributed by atoms with Crippen LogP contribution in [0.1, 0.15) is 19.4 Å². The van der Waals surface area contributed by atoms with E-state index in [2.05, 4.69) is 19.2 Å². The van der Waals surface area contributed by atoms with Crippen molar-refractivity contribution in [3.05, 3.63) is 28.8 Å². The molecule has 3 nitrogen and oxygen atoms in total. The van der Waals surface area contributed by atoms with Crippen molar-refractivity contribution in [1.82, 2.24) is 5.32 Å². The second-order valence-corrected chi connectivity index (χ2v) is 5.10. The molecule has 0 spiro atoms. The Balaban J connectivity index is 2.64. The Morgan fingerprint density at radius 3 is 2.61 bits per heavy atom. The normalized spacial score (nSPS) is 12.8. The monoisotopic (exact) mass is 271 g/mol. The van der Waals surface area contributed by atoms with Gasteiger partial charge in [0, 0.05) is 19.7 Å². The zero-order valence-electron chi connectivity index (χ0n) is 11.5. The fourth-order valence-corrected chi connectivity index (χ4v) is 1.85. The Labute approximate surface area is 114 Å². The van der Waals surface area contributed by atoms with Gasteiger partial charge in [-0.15, -0.1) is 0 Å². The van der Waals surface area contributed by atoms with Crippen molar-refractivity contribution >= 4 is 11.6 Å². The Bertz CT molecular complexity index is 369. The molecule has 0 saturated carbocycles. The Hall–Kier alpha value is -0.770. The van der Waals surface area contributed by atoms with Gasteiger partial charge in [-0.3, -0.25) is 0 Å². The molecule has 0 aliphatic carbocycles. The van der Waals surface area contributed by atoms with E-state index in [0.717, 1.165) is 12.1 Å². The van der Waals surface area contributed by atoms with E-state index in [1.807, 2.05) is 25.1 Å². The van der Waals surface area contributed by atoms with Gasteiger partial charge in [0.15, 0.2) is 0 Å². The van der Waals surface area contributed by atoms with Crippen LogP contribution in [0.25, 0.3) is 0 Å². The second-order valence-electron chi connectivity index (χ2n) is 4.69. The minimum atomic E-state index is -0.0439. The molecule has 102 valence electrons. The highest BCUT2D eigenvalue weighted by molar-refractivity contribution is 6.32. The molecule has 1 rings (SSSR count). The first-order valence-electron chi connectivity index (χ1n) is 6.18. The quantitative estimate of drug-likeness (QED) is 0.827. The largest absolute Gasteiger partial charge is 0.485 e. The zero-order chi connectivity index (χ0) is 13.5. The minimum Gasteiger partial charge on any atom is -0.485 e. The number of hydrogen-bond acceptors (Lipinski definition) is 3. The van der Waals surface area contributed by atoms with Crippen molar-refractivity contribution < 1.29 is 9.47 Å². The third-order valence-electron chi connectivity index (χ3n) is 2.49. The highest BCUT2D eigenvalue weighted by Gasteiger charge is 2.13. The summed E-state index contributed by atoms with van der Waals surface area (Å²) in [6, 6.07) is 6.20.